The highest BCUT2D eigenvalue weighted by molar-refractivity contribution is 9.10. The summed E-state index contributed by atoms with van der Waals surface area (Å²) in [7, 11) is 0. The first-order chi connectivity index (χ1) is 13.1. The summed E-state index contributed by atoms with van der Waals surface area (Å²) in [5, 5.41) is 9.03. The van der Waals surface area contributed by atoms with Crippen LogP contribution in [0.15, 0.2) is 39.7 Å². The van der Waals surface area contributed by atoms with Gasteiger partial charge in [-0.15, -0.1) is 24.9 Å². The zero-order valence-corrected chi connectivity index (χ0v) is 16.8. The van der Waals surface area contributed by atoms with E-state index in [1.807, 2.05) is 13.0 Å². The van der Waals surface area contributed by atoms with Crippen molar-refractivity contribution in [1.29, 1.82) is 5.26 Å². The molecule has 2 aromatic rings. The summed E-state index contributed by atoms with van der Waals surface area (Å²) in [6.45, 7) is 1.94. The SMILES string of the molecule is CCSc1ccc(C#N)cc1NNC(=O)c1cc(OC(F)(F)F)c(Br)cc1N. The zero-order valence-electron chi connectivity index (χ0n) is 14.4. The number of nitrogens with two attached hydrogens (primary N) is 1. The van der Waals surface area contributed by atoms with E-state index in [1.165, 1.54) is 11.8 Å². The molecule has 0 saturated heterocycles. The molecule has 6 nitrogen and oxygen atoms in total. The number of anilines is 2. The normalized spacial score (nSPS) is 10.9. The first-order valence-electron chi connectivity index (χ1n) is 7.72. The molecular formula is C17H14BrF3N4O2S. The lowest BCUT2D eigenvalue weighted by molar-refractivity contribution is -0.274. The highest BCUT2D eigenvalue weighted by Gasteiger charge is 2.32. The van der Waals surface area contributed by atoms with Crippen LogP contribution in [-0.4, -0.2) is 18.0 Å². The number of halogens is 4. The number of amides is 1. The maximum absolute atomic E-state index is 12.5. The molecule has 2 rings (SSSR count). The van der Waals surface area contributed by atoms with Crippen LogP contribution in [0.4, 0.5) is 24.5 Å². The minimum Gasteiger partial charge on any atom is -0.405 e. The van der Waals surface area contributed by atoms with Crippen LogP contribution in [0, 0.1) is 11.3 Å². The number of nitriles is 1. The van der Waals surface area contributed by atoms with Gasteiger partial charge >= 0.3 is 6.36 Å². The Labute approximate surface area is 171 Å². The third-order valence-corrected chi connectivity index (χ3v) is 4.87. The van der Waals surface area contributed by atoms with E-state index in [1.54, 1.807) is 18.2 Å². The van der Waals surface area contributed by atoms with Crippen molar-refractivity contribution in [3.8, 4) is 11.8 Å². The number of hydrazine groups is 1. The Morgan fingerprint density at radius 1 is 1.36 bits per heavy atom. The molecule has 0 heterocycles. The number of nitrogens with zero attached hydrogens (tertiary/aromatic N) is 1. The van der Waals surface area contributed by atoms with Gasteiger partial charge in [0, 0.05) is 10.6 Å². The lowest BCUT2D eigenvalue weighted by Crippen LogP contribution is -2.30. The third-order valence-electron chi connectivity index (χ3n) is 3.29. The summed E-state index contributed by atoms with van der Waals surface area (Å²) in [4.78, 5) is 13.2. The molecular weight excluding hydrogens is 461 g/mol. The van der Waals surface area contributed by atoms with Crippen LogP contribution in [0.25, 0.3) is 0 Å². The molecule has 0 aliphatic heterocycles. The molecule has 0 aliphatic carbocycles. The summed E-state index contributed by atoms with van der Waals surface area (Å²) < 4.78 is 41.3. The van der Waals surface area contributed by atoms with Gasteiger partial charge < -0.3 is 10.5 Å². The summed E-state index contributed by atoms with van der Waals surface area (Å²) in [5.41, 5.74) is 11.4. The van der Waals surface area contributed by atoms with Gasteiger partial charge in [-0.1, -0.05) is 6.92 Å². The van der Waals surface area contributed by atoms with Gasteiger partial charge in [-0.05, 0) is 52.0 Å². The van der Waals surface area contributed by atoms with E-state index in [0.717, 1.165) is 22.8 Å². The number of carbonyl (C=O) groups is 1. The van der Waals surface area contributed by atoms with Gasteiger partial charge in [0.15, 0.2) is 0 Å². The third kappa shape index (κ3) is 5.71. The van der Waals surface area contributed by atoms with Crippen LogP contribution in [0.2, 0.25) is 0 Å². The standard InChI is InChI=1S/C17H14BrF3N4O2S/c1-2-28-15-4-3-9(8-22)5-13(15)24-25-16(26)10-6-14(27-17(19,20)21)11(18)7-12(10)23/h3-7,24H,2,23H2,1H3,(H,25,26). The number of nitrogen functional groups attached to an aromatic ring is 1. The number of hydrogen-bond donors (Lipinski definition) is 3. The number of ether oxygens (including phenoxy) is 1. The first-order valence-corrected chi connectivity index (χ1v) is 9.50. The van der Waals surface area contributed by atoms with Gasteiger partial charge in [-0.2, -0.15) is 5.26 Å². The number of benzene rings is 2. The lowest BCUT2D eigenvalue weighted by Gasteiger charge is -2.15. The molecule has 0 radical (unpaired) electrons. The first kappa shape index (κ1) is 21.7. The predicted molar refractivity (Wildman–Crippen MR) is 104 cm³/mol. The molecule has 0 aliphatic rings. The molecule has 0 aromatic heterocycles. The fourth-order valence-electron chi connectivity index (χ4n) is 2.14. The van der Waals surface area contributed by atoms with E-state index < -0.39 is 18.0 Å². The zero-order chi connectivity index (χ0) is 20.9. The largest absolute Gasteiger partial charge is 0.573 e. The number of alkyl halides is 3. The van der Waals surface area contributed by atoms with Crippen LogP contribution >= 0.6 is 27.7 Å². The van der Waals surface area contributed by atoms with Gasteiger partial charge in [-0.25, -0.2) is 0 Å². The van der Waals surface area contributed by atoms with Crippen LogP contribution < -0.4 is 21.3 Å². The van der Waals surface area contributed by atoms with Crippen LogP contribution in [-0.2, 0) is 0 Å². The molecule has 0 saturated carbocycles. The van der Waals surface area contributed by atoms with Gasteiger partial charge in [-0.3, -0.25) is 15.6 Å². The smallest absolute Gasteiger partial charge is 0.405 e. The molecule has 0 unspecified atom stereocenters. The summed E-state index contributed by atoms with van der Waals surface area (Å²) >= 11 is 4.40. The Kier molecular flexibility index (Phi) is 7.04. The Hall–Kier alpha value is -2.58. The topological polar surface area (TPSA) is 100 Å². The van der Waals surface area contributed by atoms with E-state index in [4.69, 9.17) is 11.0 Å². The van der Waals surface area contributed by atoms with Gasteiger partial charge in [0.25, 0.3) is 5.91 Å². The van der Waals surface area contributed by atoms with Crippen molar-refractivity contribution in [2.45, 2.75) is 18.2 Å². The molecule has 0 spiro atoms. The average Bonchev–Trinajstić information content (AvgIpc) is 2.62. The fourth-order valence-corrected chi connectivity index (χ4v) is 3.32. The van der Waals surface area contributed by atoms with Crippen molar-refractivity contribution in [1.82, 2.24) is 5.43 Å². The van der Waals surface area contributed by atoms with Crippen molar-refractivity contribution < 1.29 is 22.7 Å². The molecule has 0 atom stereocenters. The van der Waals surface area contributed by atoms with Gasteiger partial charge in [0.1, 0.15) is 5.75 Å². The summed E-state index contributed by atoms with van der Waals surface area (Å²) in [5.74, 6) is -0.612. The van der Waals surface area contributed by atoms with Gasteiger partial charge in [0.05, 0.1) is 27.4 Å². The van der Waals surface area contributed by atoms with Crippen molar-refractivity contribution in [3.05, 3.63) is 45.9 Å². The highest BCUT2D eigenvalue weighted by atomic mass is 79.9. The quantitative estimate of drug-likeness (QED) is 0.319. The second-order valence-corrected chi connectivity index (χ2v) is 7.41. The van der Waals surface area contributed by atoms with Gasteiger partial charge in [0.2, 0.25) is 0 Å². The van der Waals surface area contributed by atoms with E-state index in [9.17, 15) is 18.0 Å². The minimum absolute atomic E-state index is 0.0461. The van der Waals surface area contributed by atoms with Crippen molar-refractivity contribution >= 4 is 45.0 Å². The van der Waals surface area contributed by atoms with Crippen LogP contribution in [0.1, 0.15) is 22.8 Å². The monoisotopic (exact) mass is 474 g/mol. The summed E-state index contributed by atoms with van der Waals surface area (Å²) in [6, 6.07) is 8.93. The van der Waals surface area contributed by atoms with E-state index in [-0.39, 0.29) is 15.7 Å². The minimum atomic E-state index is -4.92. The van der Waals surface area contributed by atoms with Crippen LogP contribution in [0.5, 0.6) is 5.75 Å². The Morgan fingerprint density at radius 2 is 2.07 bits per heavy atom. The maximum Gasteiger partial charge on any atom is 0.573 e. The molecule has 148 valence electrons. The second-order valence-electron chi connectivity index (χ2n) is 5.25. The Bertz CT molecular complexity index is 932. The van der Waals surface area contributed by atoms with E-state index in [0.29, 0.717) is 11.3 Å². The molecule has 1 amide bonds. The van der Waals surface area contributed by atoms with E-state index >= 15 is 0 Å². The van der Waals surface area contributed by atoms with Crippen molar-refractivity contribution in [2.24, 2.45) is 0 Å². The number of carbonyl (C=O) groups excluding carboxylic acids is 1. The number of nitrogens with one attached hydrogen (secondary N) is 2. The molecule has 0 fully saturated rings. The van der Waals surface area contributed by atoms with E-state index in [2.05, 4.69) is 31.5 Å². The molecule has 2 aromatic carbocycles. The molecule has 11 heteroatoms. The fraction of sp³-hybridized carbons (Fsp3) is 0.176. The lowest BCUT2D eigenvalue weighted by atomic mass is 10.1. The predicted octanol–water partition coefficient (Wildman–Crippen LogP) is 4.67. The summed E-state index contributed by atoms with van der Waals surface area (Å²) in [6.07, 6.45) is -4.92. The Morgan fingerprint density at radius 3 is 2.68 bits per heavy atom. The highest BCUT2D eigenvalue weighted by Crippen LogP contribution is 2.34. The number of rotatable bonds is 6. The Balaban J connectivity index is 2.24. The van der Waals surface area contributed by atoms with Crippen LogP contribution in [0.3, 0.4) is 0 Å². The average molecular weight is 475 g/mol. The molecule has 28 heavy (non-hydrogen) atoms. The second kappa shape index (κ2) is 9.07. The van der Waals surface area contributed by atoms with Crippen molar-refractivity contribution in [2.75, 3.05) is 16.9 Å². The number of hydrogen-bond acceptors (Lipinski definition) is 6. The number of thioether (sulfide) groups is 1. The maximum atomic E-state index is 12.5. The molecule has 0 bridgehead atoms. The molecule has 4 N–H and O–H groups in total. The van der Waals surface area contributed by atoms with Crippen molar-refractivity contribution in [3.63, 3.8) is 0 Å².